The molecule has 0 aliphatic carbocycles. The summed E-state index contributed by atoms with van der Waals surface area (Å²) in [5.74, 6) is 2.28. The highest BCUT2D eigenvalue weighted by atomic mass is 35.5. The van der Waals surface area contributed by atoms with Crippen molar-refractivity contribution in [1.29, 1.82) is 0 Å². The van der Waals surface area contributed by atoms with Crippen molar-refractivity contribution in [2.45, 2.75) is 25.8 Å². The average Bonchev–Trinajstić information content (AvgIpc) is 2.60. The van der Waals surface area contributed by atoms with E-state index in [9.17, 15) is 9.59 Å². The summed E-state index contributed by atoms with van der Waals surface area (Å²) in [5, 5.41) is 3.74. The summed E-state index contributed by atoms with van der Waals surface area (Å²) < 4.78 is 5.54. The van der Waals surface area contributed by atoms with E-state index in [4.69, 9.17) is 27.9 Å². The van der Waals surface area contributed by atoms with Crippen molar-refractivity contribution in [2.75, 3.05) is 31.2 Å². The molecule has 0 radical (unpaired) electrons. The Morgan fingerprint density at radius 1 is 1.32 bits per heavy atom. The summed E-state index contributed by atoms with van der Waals surface area (Å²) >= 11 is 13.7. The smallest absolute Gasteiger partial charge is 0.244 e. The molecule has 138 valence electrons. The molecule has 0 aromatic heterocycles. The van der Waals surface area contributed by atoms with Crippen LogP contribution in [0.3, 0.4) is 0 Å². The zero-order valence-electron chi connectivity index (χ0n) is 14.1. The summed E-state index contributed by atoms with van der Waals surface area (Å²) in [4.78, 5) is 26.1. The summed E-state index contributed by atoms with van der Waals surface area (Å²) in [6, 6.07) is 4.50. The van der Waals surface area contributed by atoms with E-state index < -0.39 is 6.04 Å². The van der Waals surface area contributed by atoms with Crippen LogP contribution in [-0.4, -0.2) is 54.0 Å². The van der Waals surface area contributed by atoms with Crippen molar-refractivity contribution in [3.63, 3.8) is 0 Å². The third kappa shape index (κ3) is 6.60. The second-order valence-electron chi connectivity index (χ2n) is 5.75. The van der Waals surface area contributed by atoms with Crippen LogP contribution in [-0.2, 0) is 9.59 Å². The number of hydrogen-bond donors (Lipinski definition) is 1. The van der Waals surface area contributed by atoms with E-state index in [2.05, 4.69) is 5.32 Å². The Morgan fingerprint density at radius 3 is 2.72 bits per heavy atom. The number of ether oxygens (including phenoxy) is 1. The first-order chi connectivity index (χ1) is 12.0. The van der Waals surface area contributed by atoms with Gasteiger partial charge < -0.3 is 15.0 Å². The molecule has 2 amide bonds. The van der Waals surface area contributed by atoms with Crippen LogP contribution in [0.25, 0.3) is 0 Å². The maximum absolute atomic E-state index is 12.3. The normalized spacial score (nSPS) is 15.6. The van der Waals surface area contributed by atoms with Crippen LogP contribution in [0.1, 0.15) is 19.8 Å². The van der Waals surface area contributed by atoms with E-state index in [0.717, 1.165) is 24.6 Å². The van der Waals surface area contributed by atoms with Crippen molar-refractivity contribution in [1.82, 2.24) is 10.2 Å². The number of nitrogens with zero attached hydrogens (tertiary/aromatic N) is 1. The van der Waals surface area contributed by atoms with Gasteiger partial charge in [0.05, 0.1) is 11.6 Å². The maximum atomic E-state index is 12.3. The zero-order valence-corrected chi connectivity index (χ0v) is 16.4. The number of thioether (sulfide) groups is 1. The fourth-order valence-corrected chi connectivity index (χ4v) is 3.81. The Labute approximate surface area is 162 Å². The largest absolute Gasteiger partial charge is 0.492 e. The molecule has 1 aromatic rings. The van der Waals surface area contributed by atoms with Crippen molar-refractivity contribution in [3.05, 3.63) is 28.2 Å². The summed E-state index contributed by atoms with van der Waals surface area (Å²) in [5.41, 5.74) is 0. The van der Waals surface area contributed by atoms with Crippen molar-refractivity contribution in [3.8, 4) is 5.75 Å². The number of amides is 2. The summed E-state index contributed by atoms with van der Waals surface area (Å²) in [6.07, 6.45) is 0.824. The molecule has 5 nitrogen and oxygen atoms in total. The van der Waals surface area contributed by atoms with Crippen molar-refractivity contribution < 1.29 is 14.3 Å². The Bertz CT molecular complexity index is 610. The van der Waals surface area contributed by atoms with Gasteiger partial charge in [0.25, 0.3) is 0 Å². The summed E-state index contributed by atoms with van der Waals surface area (Å²) in [7, 11) is 0. The molecule has 25 heavy (non-hydrogen) atoms. The van der Waals surface area contributed by atoms with Crippen molar-refractivity contribution >= 4 is 46.8 Å². The van der Waals surface area contributed by atoms with Gasteiger partial charge in [-0.1, -0.05) is 23.2 Å². The lowest BCUT2D eigenvalue weighted by Crippen LogP contribution is -2.49. The Hall–Kier alpha value is -1.11. The first-order valence-corrected chi connectivity index (χ1v) is 10.1. The molecule has 1 aliphatic rings. The SMILES string of the molecule is CC(NC(=O)CCCOc1ccc(Cl)cc1Cl)C(=O)N1CCSCC1. The first kappa shape index (κ1) is 20.2. The van der Waals surface area contributed by atoms with Gasteiger partial charge in [0.2, 0.25) is 11.8 Å². The number of hydrogen-bond acceptors (Lipinski definition) is 4. The molecule has 1 N–H and O–H groups in total. The molecule has 0 saturated carbocycles. The topological polar surface area (TPSA) is 58.6 Å². The lowest BCUT2D eigenvalue weighted by atomic mass is 10.2. The van der Waals surface area contributed by atoms with E-state index in [1.54, 1.807) is 25.1 Å². The average molecular weight is 405 g/mol. The van der Waals surface area contributed by atoms with E-state index in [1.807, 2.05) is 16.7 Å². The van der Waals surface area contributed by atoms with E-state index >= 15 is 0 Å². The fraction of sp³-hybridized carbons (Fsp3) is 0.529. The van der Waals surface area contributed by atoms with Gasteiger partial charge in [0, 0.05) is 36.0 Å². The van der Waals surface area contributed by atoms with Crippen molar-refractivity contribution in [2.24, 2.45) is 0 Å². The molecule has 0 spiro atoms. The molecule has 2 rings (SSSR count). The predicted molar refractivity (Wildman–Crippen MR) is 103 cm³/mol. The van der Waals surface area contributed by atoms with Crippen LogP contribution in [0.15, 0.2) is 18.2 Å². The zero-order chi connectivity index (χ0) is 18.2. The second-order valence-corrected chi connectivity index (χ2v) is 7.82. The highest BCUT2D eigenvalue weighted by Crippen LogP contribution is 2.27. The molecular formula is C17H22Cl2N2O3S. The third-order valence-electron chi connectivity index (χ3n) is 3.77. The number of carbonyl (C=O) groups is 2. The molecule has 0 bridgehead atoms. The van der Waals surface area contributed by atoms with Crippen LogP contribution in [0.2, 0.25) is 10.0 Å². The number of benzene rings is 1. The molecule has 1 aliphatic heterocycles. The molecule has 1 aromatic carbocycles. The van der Waals surface area contributed by atoms with Gasteiger partial charge in [-0.25, -0.2) is 0 Å². The summed E-state index contributed by atoms with van der Waals surface area (Å²) in [6.45, 7) is 3.59. The molecule has 1 unspecified atom stereocenters. The van der Waals surface area contributed by atoms with Gasteiger partial charge in [-0.3, -0.25) is 9.59 Å². The van der Waals surface area contributed by atoms with Gasteiger partial charge in [-0.05, 0) is 31.5 Å². The predicted octanol–water partition coefficient (Wildman–Crippen LogP) is 3.23. The maximum Gasteiger partial charge on any atom is 0.244 e. The van der Waals surface area contributed by atoms with Gasteiger partial charge >= 0.3 is 0 Å². The highest BCUT2D eigenvalue weighted by molar-refractivity contribution is 7.99. The molecule has 1 saturated heterocycles. The van der Waals surface area contributed by atoms with E-state index in [-0.39, 0.29) is 11.8 Å². The van der Waals surface area contributed by atoms with Crippen LogP contribution in [0.4, 0.5) is 0 Å². The molecular weight excluding hydrogens is 383 g/mol. The minimum atomic E-state index is -0.498. The minimum absolute atomic E-state index is 0.0159. The van der Waals surface area contributed by atoms with Gasteiger partial charge in [-0.15, -0.1) is 0 Å². The number of carbonyl (C=O) groups excluding carboxylic acids is 2. The highest BCUT2D eigenvalue weighted by Gasteiger charge is 2.23. The van der Waals surface area contributed by atoms with Gasteiger partial charge in [0.1, 0.15) is 11.8 Å². The van der Waals surface area contributed by atoms with Crippen LogP contribution >= 0.6 is 35.0 Å². The monoisotopic (exact) mass is 404 g/mol. The first-order valence-electron chi connectivity index (χ1n) is 8.21. The Kier molecular flexibility index (Phi) is 8.19. The number of rotatable bonds is 7. The Morgan fingerprint density at radius 2 is 2.04 bits per heavy atom. The number of halogens is 2. The Balaban J connectivity index is 1.67. The lowest BCUT2D eigenvalue weighted by molar-refractivity contribution is -0.135. The van der Waals surface area contributed by atoms with Crippen LogP contribution < -0.4 is 10.1 Å². The van der Waals surface area contributed by atoms with Gasteiger partial charge in [-0.2, -0.15) is 11.8 Å². The lowest BCUT2D eigenvalue weighted by Gasteiger charge is -2.29. The third-order valence-corrected chi connectivity index (χ3v) is 5.24. The standard InChI is InChI=1S/C17H22Cl2N2O3S/c1-12(17(23)21-6-9-25-10-7-21)20-16(22)3-2-8-24-15-5-4-13(18)11-14(15)19/h4-5,11-12H,2-3,6-10H2,1H3,(H,20,22). The van der Waals surface area contributed by atoms with E-state index in [1.165, 1.54) is 0 Å². The van der Waals surface area contributed by atoms with Crippen LogP contribution in [0.5, 0.6) is 5.75 Å². The quantitative estimate of drug-likeness (QED) is 0.708. The van der Waals surface area contributed by atoms with E-state index in [0.29, 0.717) is 35.2 Å². The molecule has 1 heterocycles. The molecule has 8 heteroatoms. The molecule has 1 fully saturated rings. The fourth-order valence-electron chi connectivity index (χ4n) is 2.44. The molecule has 1 atom stereocenters. The van der Waals surface area contributed by atoms with Gasteiger partial charge in [0.15, 0.2) is 0 Å². The number of nitrogens with one attached hydrogen (secondary N) is 1. The van der Waals surface area contributed by atoms with Crippen LogP contribution in [0, 0.1) is 0 Å². The second kappa shape index (κ2) is 10.1. The minimum Gasteiger partial charge on any atom is -0.492 e.